The summed E-state index contributed by atoms with van der Waals surface area (Å²) in [6.45, 7) is 3.30. The number of nitrogens with one attached hydrogen (secondary N) is 1. The Morgan fingerprint density at radius 3 is 2.63 bits per heavy atom. The average Bonchev–Trinajstić information content (AvgIpc) is 3.19. The molecule has 0 radical (unpaired) electrons. The molecule has 0 bridgehead atoms. The maximum atomic E-state index is 12.6. The third-order valence-corrected chi connectivity index (χ3v) is 4.53. The highest BCUT2D eigenvalue weighted by molar-refractivity contribution is 5.83. The number of fused-ring (bicyclic) bond motifs is 2. The van der Waals surface area contributed by atoms with E-state index in [9.17, 15) is 9.59 Å². The van der Waals surface area contributed by atoms with Crippen LogP contribution < -0.4 is 15.0 Å². The van der Waals surface area contributed by atoms with Crippen LogP contribution in [0.2, 0.25) is 0 Å². The smallest absolute Gasteiger partial charge is 0.253 e. The lowest BCUT2D eigenvalue weighted by Crippen LogP contribution is -2.31. The van der Waals surface area contributed by atoms with Crippen LogP contribution in [0.4, 0.5) is 0 Å². The summed E-state index contributed by atoms with van der Waals surface area (Å²) in [7, 11) is 0. The summed E-state index contributed by atoms with van der Waals surface area (Å²) in [4.78, 5) is 29.4. The highest BCUT2D eigenvalue weighted by Gasteiger charge is 2.18. The lowest BCUT2D eigenvalue weighted by atomic mass is 10.1. The van der Waals surface area contributed by atoms with Crippen molar-refractivity contribution in [2.45, 2.75) is 26.4 Å². The predicted molar refractivity (Wildman–Crippen MR) is 98.8 cm³/mol. The summed E-state index contributed by atoms with van der Waals surface area (Å²) >= 11 is 0. The number of aromatic amines is 1. The minimum atomic E-state index is -0.229. The molecule has 3 heterocycles. The Balaban J connectivity index is 1.67. The number of H-pyrrole nitrogens is 1. The van der Waals surface area contributed by atoms with E-state index in [0.717, 1.165) is 5.39 Å². The van der Waals surface area contributed by atoms with Crippen LogP contribution in [0.25, 0.3) is 10.9 Å². The second-order valence-corrected chi connectivity index (χ2v) is 6.39. The van der Waals surface area contributed by atoms with E-state index in [-0.39, 0.29) is 18.0 Å². The standard InChI is InChI=1S/C20H20N2O5/c1-2-19(23)22(12-15-4-3-5-25-15)11-14-8-13-9-17-18(27-7-6-26-17)10-16(13)21-20(14)24/h3-5,8-10H,2,6-7,11-12H2,1H3,(H,21,24). The maximum absolute atomic E-state index is 12.6. The van der Waals surface area contributed by atoms with Gasteiger partial charge >= 0.3 is 0 Å². The van der Waals surface area contributed by atoms with Gasteiger partial charge in [0.05, 0.1) is 24.9 Å². The van der Waals surface area contributed by atoms with Crippen molar-refractivity contribution >= 4 is 16.8 Å². The van der Waals surface area contributed by atoms with Crippen molar-refractivity contribution in [3.8, 4) is 11.5 Å². The molecule has 27 heavy (non-hydrogen) atoms. The molecule has 1 N–H and O–H groups in total. The van der Waals surface area contributed by atoms with Gasteiger partial charge in [0.1, 0.15) is 19.0 Å². The van der Waals surface area contributed by atoms with Gasteiger partial charge in [-0.05, 0) is 24.3 Å². The van der Waals surface area contributed by atoms with Gasteiger partial charge in [0, 0.05) is 23.4 Å². The van der Waals surface area contributed by atoms with E-state index < -0.39 is 0 Å². The molecule has 0 saturated heterocycles. The molecule has 1 aliphatic rings. The van der Waals surface area contributed by atoms with Crippen LogP contribution >= 0.6 is 0 Å². The maximum Gasteiger partial charge on any atom is 0.253 e. The number of carbonyl (C=O) groups is 1. The van der Waals surface area contributed by atoms with E-state index in [1.807, 2.05) is 12.1 Å². The minimum absolute atomic E-state index is 0.0481. The van der Waals surface area contributed by atoms with Crippen LogP contribution in [0.1, 0.15) is 24.7 Å². The van der Waals surface area contributed by atoms with E-state index >= 15 is 0 Å². The van der Waals surface area contributed by atoms with E-state index in [0.29, 0.717) is 54.5 Å². The van der Waals surface area contributed by atoms with Gasteiger partial charge in [0.25, 0.3) is 5.56 Å². The van der Waals surface area contributed by atoms with Gasteiger partial charge in [-0.3, -0.25) is 9.59 Å². The topological polar surface area (TPSA) is 84.8 Å². The summed E-state index contributed by atoms with van der Waals surface area (Å²) in [5, 5.41) is 0.829. The molecule has 2 aromatic heterocycles. The van der Waals surface area contributed by atoms with Crippen molar-refractivity contribution < 1.29 is 18.7 Å². The van der Waals surface area contributed by atoms with Gasteiger partial charge in [-0.15, -0.1) is 0 Å². The fraction of sp³-hybridized carbons (Fsp3) is 0.300. The Bertz CT molecular complexity index is 1020. The number of pyridine rings is 1. The quantitative estimate of drug-likeness (QED) is 0.749. The molecule has 140 valence electrons. The fourth-order valence-electron chi connectivity index (χ4n) is 3.16. The zero-order chi connectivity index (χ0) is 18.8. The van der Waals surface area contributed by atoms with Gasteiger partial charge in [0.15, 0.2) is 11.5 Å². The monoisotopic (exact) mass is 368 g/mol. The zero-order valence-corrected chi connectivity index (χ0v) is 15.0. The molecule has 1 aliphatic heterocycles. The number of carbonyl (C=O) groups excluding carboxylic acids is 1. The third-order valence-electron chi connectivity index (χ3n) is 4.53. The molecule has 0 fully saturated rings. The number of hydrogen-bond acceptors (Lipinski definition) is 5. The van der Waals surface area contributed by atoms with Crippen molar-refractivity contribution in [1.82, 2.24) is 9.88 Å². The number of nitrogens with zero attached hydrogens (tertiary/aromatic N) is 1. The van der Waals surface area contributed by atoms with Gasteiger partial charge in [-0.1, -0.05) is 6.92 Å². The third kappa shape index (κ3) is 3.53. The molecular weight excluding hydrogens is 348 g/mol. The summed E-state index contributed by atoms with van der Waals surface area (Å²) in [5.41, 5.74) is 0.951. The Morgan fingerprint density at radius 1 is 1.15 bits per heavy atom. The van der Waals surface area contributed by atoms with E-state index in [4.69, 9.17) is 13.9 Å². The molecule has 0 aliphatic carbocycles. The van der Waals surface area contributed by atoms with Crippen LogP contribution in [0.3, 0.4) is 0 Å². The van der Waals surface area contributed by atoms with Crippen LogP contribution in [0.15, 0.2) is 45.8 Å². The van der Waals surface area contributed by atoms with Crippen molar-refractivity contribution in [2.24, 2.45) is 0 Å². The molecule has 1 amide bonds. The molecule has 0 spiro atoms. The zero-order valence-electron chi connectivity index (χ0n) is 15.0. The molecule has 0 unspecified atom stereocenters. The Hall–Kier alpha value is -3.22. The number of amides is 1. The summed E-state index contributed by atoms with van der Waals surface area (Å²) in [5.74, 6) is 1.91. The summed E-state index contributed by atoms with van der Waals surface area (Å²) in [6.07, 6.45) is 1.92. The molecule has 7 nitrogen and oxygen atoms in total. The number of furan rings is 1. The van der Waals surface area contributed by atoms with Crippen molar-refractivity contribution in [3.63, 3.8) is 0 Å². The molecule has 7 heteroatoms. The molecule has 3 aromatic rings. The molecule has 4 rings (SSSR count). The number of benzene rings is 1. The van der Waals surface area contributed by atoms with Gasteiger partial charge in [-0.25, -0.2) is 0 Å². The first-order chi connectivity index (χ1) is 13.1. The lowest BCUT2D eigenvalue weighted by Gasteiger charge is -2.21. The van der Waals surface area contributed by atoms with Crippen molar-refractivity contribution in [2.75, 3.05) is 13.2 Å². The highest BCUT2D eigenvalue weighted by atomic mass is 16.6. The van der Waals surface area contributed by atoms with E-state index in [2.05, 4.69) is 4.98 Å². The molecule has 0 saturated carbocycles. The average molecular weight is 368 g/mol. The van der Waals surface area contributed by atoms with E-state index in [1.165, 1.54) is 0 Å². The first-order valence-electron chi connectivity index (χ1n) is 8.89. The van der Waals surface area contributed by atoms with Crippen LogP contribution in [-0.2, 0) is 17.9 Å². The molecule has 0 atom stereocenters. The van der Waals surface area contributed by atoms with Crippen molar-refractivity contribution in [3.05, 3.63) is 58.3 Å². The first-order valence-corrected chi connectivity index (χ1v) is 8.89. The van der Waals surface area contributed by atoms with Crippen molar-refractivity contribution in [1.29, 1.82) is 0 Å². The number of rotatable bonds is 5. The molecular formula is C20H20N2O5. The van der Waals surface area contributed by atoms with Gasteiger partial charge in [0.2, 0.25) is 5.91 Å². The second kappa shape index (κ2) is 7.19. The number of hydrogen-bond donors (Lipinski definition) is 1. The minimum Gasteiger partial charge on any atom is -0.486 e. The number of aromatic nitrogens is 1. The highest BCUT2D eigenvalue weighted by Crippen LogP contribution is 2.33. The van der Waals surface area contributed by atoms with Crippen LogP contribution in [0.5, 0.6) is 11.5 Å². The van der Waals surface area contributed by atoms with E-state index in [1.54, 1.807) is 36.3 Å². The Labute approximate surface area is 155 Å². The van der Waals surface area contributed by atoms with Gasteiger partial charge < -0.3 is 23.8 Å². The first kappa shape index (κ1) is 17.2. The predicted octanol–water partition coefficient (Wildman–Crippen LogP) is 2.83. The molecule has 1 aromatic carbocycles. The Morgan fingerprint density at radius 2 is 1.93 bits per heavy atom. The largest absolute Gasteiger partial charge is 0.486 e. The fourth-order valence-corrected chi connectivity index (χ4v) is 3.16. The summed E-state index contributed by atoms with van der Waals surface area (Å²) < 4.78 is 16.5. The van der Waals surface area contributed by atoms with Gasteiger partial charge in [-0.2, -0.15) is 0 Å². The second-order valence-electron chi connectivity index (χ2n) is 6.39. The lowest BCUT2D eigenvalue weighted by molar-refractivity contribution is -0.132. The van der Waals surface area contributed by atoms with Crippen LogP contribution in [-0.4, -0.2) is 29.0 Å². The SMILES string of the molecule is CCC(=O)N(Cc1ccco1)Cc1cc2cc3c(cc2[nH]c1=O)OCCO3. The summed E-state index contributed by atoms with van der Waals surface area (Å²) in [6, 6.07) is 9.00. The number of ether oxygens (including phenoxy) is 2. The Kier molecular flexibility index (Phi) is 4.58. The van der Waals surface area contributed by atoms with Crippen LogP contribution in [0, 0.1) is 0 Å². The normalized spacial score (nSPS) is 12.9.